The fraction of sp³-hybridized carbons (Fsp3) is 0.280. The van der Waals surface area contributed by atoms with E-state index >= 15 is 0 Å². The lowest BCUT2D eigenvalue weighted by molar-refractivity contribution is 0.0697. The van der Waals surface area contributed by atoms with E-state index in [9.17, 15) is 14.7 Å². The van der Waals surface area contributed by atoms with Crippen LogP contribution in [0.3, 0.4) is 0 Å². The maximum absolute atomic E-state index is 12.8. The van der Waals surface area contributed by atoms with Gasteiger partial charge in [0.05, 0.1) is 11.6 Å². The average Bonchev–Trinajstić information content (AvgIpc) is 3.14. The van der Waals surface area contributed by atoms with Crippen molar-refractivity contribution in [1.29, 1.82) is 0 Å². The lowest BCUT2D eigenvalue weighted by Gasteiger charge is -2.18. The molecule has 1 aliphatic rings. The zero-order valence-corrected chi connectivity index (χ0v) is 17.7. The zero-order chi connectivity index (χ0) is 22.0. The number of carbonyl (C=O) groups is 1. The van der Waals surface area contributed by atoms with E-state index in [0.717, 1.165) is 36.1 Å². The predicted octanol–water partition coefficient (Wildman–Crippen LogP) is 4.82. The normalized spacial score (nSPS) is 14.6. The second-order valence-corrected chi connectivity index (χ2v) is 7.86. The third kappa shape index (κ3) is 4.06. The van der Waals surface area contributed by atoms with E-state index in [2.05, 4.69) is 28.4 Å². The fourth-order valence-corrected chi connectivity index (χ4v) is 4.08. The molecule has 0 fully saturated rings. The molecular formula is C25H25N3O3. The van der Waals surface area contributed by atoms with E-state index in [0.29, 0.717) is 23.5 Å². The van der Waals surface area contributed by atoms with Crippen LogP contribution in [0.4, 0.5) is 5.95 Å². The van der Waals surface area contributed by atoms with E-state index in [-0.39, 0.29) is 17.2 Å². The van der Waals surface area contributed by atoms with Crippen LogP contribution in [0.1, 0.15) is 59.9 Å². The molecule has 6 heteroatoms. The summed E-state index contributed by atoms with van der Waals surface area (Å²) >= 11 is 0. The van der Waals surface area contributed by atoms with Gasteiger partial charge in [-0.1, -0.05) is 55.8 Å². The van der Waals surface area contributed by atoms with Crippen molar-refractivity contribution < 1.29 is 9.90 Å². The highest BCUT2D eigenvalue weighted by Crippen LogP contribution is 2.28. The number of benzene rings is 2. The fourth-order valence-electron chi connectivity index (χ4n) is 4.08. The molecule has 0 aliphatic carbocycles. The van der Waals surface area contributed by atoms with Crippen molar-refractivity contribution in [2.45, 2.75) is 45.6 Å². The van der Waals surface area contributed by atoms with E-state index in [1.165, 1.54) is 0 Å². The molecule has 2 heterocycles. The van der Waals surface area contributed by atoms with Crippen LogP contribution in [0.5, 0.6) is 0 Å². The predicted molar refractivity (Wildman–Crippen MR) is 122 cm³/mol. The number of aliphatic imine (C=N–C) groups is 1. The highest BCUT2D eigenvalue weighted by Gasteiger charge is 2.23. The molecule has 1 N–H and O–H groups in total. The molecule has 0 saturated carbocycles. The summed E-state index contributed by atoms with van der Waals surface area (Å²) < 4.78 is 2.07. The molecule has 31 heavy (non-hydrogen) atoms. The Morgan fingerprint density at radius 2 is 1.87 bits per heavy atom. The van der Waals surface area contributed by atoms with Gasteiger partial charge < -0.3 is 9.67 Å². The molecule has 2 aromatic carbocycles. The summed E-state index contributed by atoms with van der Waals surface area (Å²) in [5.41, 5.74) is 4.28. The standard InChI is InChI=1S/C25H25N3O3/c1-3-4-9-22-21(23(29)27-25-26-15-16(2)28(22)25)14-17-10-12-18(13-11-17)19-7-5-6-8-20(19)24(30)31/h5-8,10-13,15-16H,3-4,9,14H2,1-2H3,(H,30,31). The number of unbranched alkanes of at least 4 members (excludes halogenated alkanes) is 1. The van der Waals surface area contributed by atoms with Crippen LogP contribution >= 0.6 is 0 Å². The number of aromatic carboxylic acids is 1. The molecule has 0 radical (unpaired) electrons. The Hall–Kier alpha value is -3.54. The molecule has 1 unspecified atom stereocenters. The van der Waals surface area contributed by atoms with Gasteiger partial charge in [0, 0.05) is 23.9 Å². The number of rotatable bonds is 7. The van der Waals surface area contributed by atoms with Crippen LogP contribution in [0.2, 0.25) is 0 Å². The molecule has 6 nitrogen and oxygen atoms in total. The summed E-state index contributed by atoms with van der Waals surface area (Å²) in [6.45, 7) is 4.19. The van der Waals surface area contributed by atoms with Gasteiger partial charge in [0.25, 0.3) is 5.56 Å². The largest absolute Gasteiger partial charge is 0.478 e. The molecule has 1 aromatic heterocycles. The SMILES string of the molecule is CCCCc1c(Cc2ccc(-c3ccccc3C(=O)O)cc2)c(=O)nc2n1C(C)C=N2. The number of carboxylic acids is 1. The van der Waals surface area contributed by atoms with Gasteiger partial charge in [-0.3, -0.25) is 4.79 Å². The zero-order valence-electron chi connectivity index (χ0n) is 17.7. The second-order valence-electron chi connectivity index (χ2n) is 7.86. The minimum atomic E-state index is -0.950. The van der Waals surface area contributed by atoms with E-state index < -0.39 is 5.97 Å². The first-order valence-corrected chi connectivity index (χ1v) is 10.6. The van der Waals surface area contributed by atoms with Gasteiger partial charge in [-0.15, -0.1) is 0 Å². The first kappa shape index (κ1) is 20.7. The maximum atomic E-state index is 12.8. The van der Waals surface area contributed by atoms with Crippen molar-refractivity contribution in [2.24, 2.45) is 4.99 Å². The number of nitrogens with zero attached hydrogens (tertiary/aromatic N) is 3. The lowest BCUT2D eigenvalue weighted by Crippen LogP contribution is -2.23. The summed E-state index contributed by atoms with van der Waals surface area (Å²) in [5.74, 6) is -0.457. The van der Waals surface area contributed by atoms with Crippen LogP contribution < -0.4 is 5.56 Å². The first-order chi connectivity index (χ1) is 15.0. The highest BCUT2D eigenvalue weighted by molar-refractivity contribution is 5.96. The molecule has 0 amide bonds. The Labute approximate surface area is 180 Å². The number of fused-ring (bicyclic) bond motifs is 1. The van der Waals surface area contributed by atoms with Gasteiger partial charge >= 0.3 is 5.97 Å². The van der Waals surface area contributed by atoms with Crippen LogP contribution in [0, 0.1) is 0 Å². The van der Waals surface area contributed by atoms with Crippen molar-refractivity contribution in [3.63, 3.8) is 0 Å². The van der Waals surface area contributed by atoms with Gasteiger partial charge in [-0.05, 0) is 42.5 Å². The van der Waals surface area contributed by atoms with Crippen molar-refractivity contribution in [2.75, 3.05) is 0 Å². The summed E-state index contributed by atoms with van der Waals surface area (Å²) in [7, 11) is 0. The van der Waals surface area contributed by atoms with E-state index in [4.69, 9.17) is 0 Å². The van der Waals surface area contributed by atoms with Crippen LogP contribution in [-0.2, 0) is 12.8 Å². The van der Waals surface area contributed by atoms with Gasteiger partial charge in [0.15, 0.2) is 0 Å². The van der Waals surface area contributed by atoms with Crippen LogP contribution in [-0.4, -0.2) is 26.8 Å². The number of carboxylic acid groups (broad SMARTS) is 1. The minimum absolute atomic E-state index is 0.0867. The monoisotopic (exact) mass is 415 g/mol. The lowest BCUT2D eigenvalue weighted by atomic mass is 9.96. The van der Waals surface area contributed by atoms with Gasteiger partial charge in [-0.25, -0.2) is 9.79 Å². The number of hydrogen-bond acceptors (Lipinski definition) is 4. The number of aromatic nitrogens is 2. The molecule has 0 saturated heterocycles. The maximum Gasteiger partial charge on any atom is 0.336 e. The Balaban J connectivity index is 1.69. The molecular weight excluding hydrogens is 390 g/mol. The number of hydrogen-bond donors (Lipinski definition) is 1. The molecule has 1 atom stereocenters. The van der Waals surface area contributed by atoms with E-state index in [1.807, 2.05) is 36.5 Å². The quantitative estimate of drug-likeness (QED) is 0.600. The molecule has 3 aromatic rings. The Morgan fingerprint density at radius 1 is 1.13 bits per heavy atom. The highest BCUT2D eigenvalue weighted by atomic mass is 16.4. The Bertz CT molecular complexity index is 1210. The Morgan fingerprint density at radius 3 is 2.58 bits per heavy atom. The molecule has 0 bridgehead atoms. The summed E-state index contributed by atoms with van der Waals surface area (Å²) in [6, 6.07) is 14.8. The van der Waals surface area contributed by atoms with Gasteiger partial charge in [0.1, 0.15) is 0 Å². The van der Waals surface area contributed by atoms with E-state index in [1.54, 1.807) is 18.2 Å². The Kier molecular flexibility index (Phi) is 5.80. The summed E-state index contributed by atoms with van der Waals surface area (Å²) in [4.78, 5) is 32.9. The smallest absolute Gasteiger partial charge is 0.336 e. The summed E-state index contributed by atoms with van der Waals surface area (Å²) in [5, 5.41) is 9.45. The molecule has 1 aliphatic heterocycles. The van der Waals surface area contributed by atoms with Crippen LogP contribution in [0.15, 0.2) is 58.3 Å². The third-order valence-corrected chi connectivity index (χ3v) is 5.70. The van der Waals surface area contributed by atoms with Crippen molar-refractivity contribution >= 4 is 18.1 Å². The van der Waals surface area contributed by atoms with Gasteiger partial charge in [0.2, 0.25) is 5.95 Å². The van der Waals surface area contributed by atoms with Crippen LogP contribution in [0.25, 0.3) is 11.1 Å². The van der Waals surface area contributed by atoms with Crippen molar-refractivity contribution in [3.05, 3.63) is 81.3 Å². The average molecular weight is 415 g/mol. The third-order valence-electron chi connectivity index (χ3n) is 5.70. The molecule has 0 spiro atoms. The molecule has 158 valence electrons. The topological polar surface area (TPSA) is 84.5 Å². The van der Waals surface area contributed by atoms with Crippen molar-refractivity contribution in [3.8, 4) is 11.1 Å². The van der Waals surface area contributed by atoms with Gasteiger partial charge in [-0.2, -0.15) is 4.98 Å². The summed E-state index contributed by atoms with van der Waals surface area (Å²) in [6.07, 6.45) is 5.16. The molecule has 4 rings (SSSR count). The second kappa shape index (κ2) is 8.68. The minimum Gasteiger partial charge on any atom is -0.478 e. The van der Waals surface area contributed by atoms with Crippen molar-refractivity contribution in [1.82, 2.24) is 9.55 Å². The first-order valence-electron chi connectivity index (χ1n) is 10.6.